The molecule has 1 aromatic heterocycles. The lowest BCUT2D eigenvalue weighted by molar-refractivity contribution is 0.0599. The lowest BCUT2D eigenvalue weighted by Crippen LogP contribution is -2.40. The number of nitrogens with one attached hydrogen (secondary N) is 1. The van der Waals surface area contributed by atoms with E-state index in [4.69, 9.17) is 9.47 Å². The number of nitrogens with zero attached hydrogens (tertiary/aromatic N) is 1. The van der Waals surface area contributed by atoms with E-state index in [1.54, 1.807) is 7.11 Å². The Kier molecular flexibility index (Phi) is 6.02. The van der Waals surface area contributed by atoms with Crippen molar-refractivity contribution < 1.29 is 14.6 Å². The highest BCUT2D eigenvalue weighted by Gasteiger charge is 2.24. The SMILES string of the molecule is COc1ccc2[nH]cc(C3CCN(CC(O)COc4cccc5ccccc45)CC3)c2c1. The van der Waals surface area contributed by atoms with Crippen LogP contribution in [0.2, 0.25) is 0 Å². The average molecular weight is 431 g/mol. The molecule has 0 amide bonds. The minimum absolute atomic E-state index is 0.302. The number of hydrogen-bond acceptors (Lipinski definition) is 4. The van der Waals surface area contributed by atoms with Crippen molar-refractivity contribution in [3.63, 3.8) is 0 Å². The molecule has 0 saturated carbocycles. The lowest BCUT2D eigenvalue weighted by Gasteiger charge is -2.33. The lowest BCUT2D eigenvalue weighted by atomic mass is 9.89. The van der Waals surface area contributed by atoms with Crippen molar-refractivity contribution in [3.05, 3.63) is 72.4 Å². The van der Waals surface area contributed by atoms with E-state index >= 15 is 0 Å². The van der Waals surface area contributed by atoms with Gasteiger partial charge >= 0.3 is 0 Å². The van der Waals surface area contributed by atoms with Crippen LogP contribution in [-0.4, -0.2) is 54.4 Å². The topological polar surface area (TPSA) is 57.7 Å². The third-order valence-electron chi connectivity index (χ3n) is 6.60. The van der Waals surface area contributed by atoms with E-state index in [-0.39, 0.29) is 0 Å². The zero-order chi connectivity index (χ0) is 21.9. The Hall–Kier alpha value is -3.02. The van der Waals surface area contributed by atoms with Gasteiger partial charge in [0.25, 0.3) is 0 Å². The highest BCUT2D eigenvalue weighted by molar-refractivity contribution is 5.88. The first-order valence-corrected chi connectivity index (χ1v) is 11.4. The van der Waals surface area contributed by atoms with E-state index in [9.17, 15) is 5.11 Å². The van der Waals surface area contributed by atoms with Crippen molar-refractivity contribution >= 4 is 21.7 Å². The van der Waals surface area contributed by atoms with Crippen molar-refractivity contribution in [1.29, 1.82) is 0 Å². The molecule has 0 spiro atoms. The number of aromatic amines is 1. The maximum absolute atomic E-state index is 10.6. The first-order valence-electron chi connectivity index (χ1n) is 11.4. The van der Waals surface area contributed by atoms with Crippen LogP contribution >= 0.6 is 0 Å². The molecule has 0 radical (unpaired) electrons. The molecule has 5 nitrogen and oxygen atoms in total. The van der Waals surface area contributed by atoms with Gasteiger partial charge in [-0.05, 0) is 67.1 Å². The second-order valence-electron chi connectivity index (χ2n) is 8.67. The van der Waals surface area contributed by atoms with Gasteiger partial charge in [0.05, 0.1) is 7.11 Å². The molecule has 32 heavy (non-hydrogen) atoms. The smallest absolute Gasteiger partial charge is 0.127 e. The third kappa shape index (κ3) is 4.31. The van der Waals surface area contributed by atoms with Crippen LogP contribution in [0.3, 0.4) is 0 Å². The Bertz CT molecular complexity index is 1190. The van der Waals surface area contributed by atoms with Crippen molar-refractivity contribution in [1.82, 2.24) is 9.88 Å². The van der Waals surface area contributed by atoms with Crippen molar-refractivity contribution in [3.8, 4) is 11.5 Å². The summed E-state index contributed by atoms with van der Waals surface area (Å²) in [5.41, 5.74) is 2.53. The van der Waals surface area contributed by atoms with Gasteiger partial charge in [-0.25, -0.2) is 0 Å². The van der Waals surface area contributed by atoms with Crippen LogP contribution in [0.4, 0.5) is 0 Å². The molecule has 3 aromatic carbocycles. The number of aliphatic hydroxyl groups is 1. The van der Waals surface area contributed by atoms with Crippen LogP contribution < -0.4 is 9.47 Å². The molecule has 2 N–H and O–H groups in total. The number of aromatic nitrogens is 1. The minimum atomic E-state index is -0.511. The summed E-state index contributed by atoms with van der Waals surface area (Å²) >= 11 is 0. The van der Waals surface area contributed by atoms with E-state index < -0.39 is 6.10 Å². The van der Waals surface area contributed by atoms with Crippen LogP contribution in [-0.2, 0) is 0 Å². The predicted molar refractivity (Wildman–Crippen MR) is 129 cm³/mol. The number of β-amino-alcohol motifs (C(OH)–C–C–N with tert-alkyl or cyclic N) is 1. The second kappa shape index (κ2) is 9.23. The number of H-pyrrole nitrogens is 1. The molecular weight excluding hydrogens is 400 g/mol. The monoisotopic (exact) mass is 430 g/mol. The van der Waals surface area contributed by atoms with E-state index in [0.29, 0.717) is 19.1 Å². The van der Waals surface area contributed by atoms with Gasteiger partial charge in [-0.15, -0.1) is 0 Å². The molecule has 1 aliphatic heterocycles. The summed E-state index contributed by atoms with van der Waals surface area (Å²) in [6.07, 6.45) is 3.81. The molecular formula is C27H30N2O3. The van der Waals surface area contributed by atoms with Gasteiger partial charge in [0.15, 0.2) is 0 Å². The van der Waals surface area contributed by atoms with Gasteiger partial charge in [0.1, 0.15) is 24.2 Å². The maximum atomic E-state index is 10.6. The van der Waals surface area contributed by atoms with Crippen LogP contribution in [0.25, 0.3) is 21.7 Å². The van der Waals surface area contributed by atoms with Gasteiger partial charge in [-0.1, -0.05) is 36.4 Å². The van der Waals surface area contributed by atoms with E-state index in [1.807, 2.05) is 30.3 Å². The quantitative estimate of drug-likeness (QED) is 0.436. The molecule has 2 heterocycles. The summed E-state index contributed by atoms with van der Waals surface area (Å²) < 4.78 is 11.4. The summed E-state index contributed by atoms with van der Waals surface area (Å²) in [5, 5.41) is 14.1. The fraction of sp³-hybridized carbons (Fsp3) is 0.333. The molecule has 166 valence electrons. The van der Waals surface area contributed by atoms with Gasteiger partial charge < -0.3 is 24.5 Å². The summed E-state index contributed by atoms with van der Waals surface area (Å²) in [5.74, 6) is 2.25. The molecule has 1 aliphatic rings. The number of piperidine rings is 1. The number of likely N-dealkylation sites (tertiary alicyclic amines) is 1. The average Bonchev–Trinajstić information content (AvgIpc) is 3.26. The van der Waals surface area contributed by atoms with Crippen LogP contribution in [0.5, 0.6) is 11.5 Å². The van der Waals surface area contributed by atoms with Gasteiger partial charge in [-0.2, -0.15) is 0 Å². The number of fused-ring (bicyclic) bond motifs is 2. The second-order valence-corrected chi connectivity index (χ2v) is 8.67. The van der Waals surface area contributed by atoms with Gasteiger partial charge in [0.2, 0.25) is 0 Å². The number of rotatable bonds is 7. The largest absolute Gasteiger partial charge is 0.497 e. The van der Waals surface area contributed by atoms with Crippen molar-refractivity contribution in [2.75, 3.05) is 33.4 Å². The summed E-state index contributed by atoms with van der Waals surface area (Å²) in [7, 11) is 1.71. The fourth-order valence-electron chi connectivity index (χ4n) is 4.87. The van der Waals surface area contributed by atoms with Crippen molar-refractivity contribution in [2.45, 2.75) is 24.9 Å². The standard InChI is InChI=1S/C27H30N2O3/c1-31-22-9-10-26-24(15-22)25(16-28-26)20-11-13-29(14-12-20)17-21(30)18-32-27-8-4-6-19-5-2-3-7-23(19)27/h2-10,15-16,20-21,28,30H,11-14,17-18H2,1H3. The van der Waals surface area contributed by atoms with E-state index in [2.05, 4.69) is 46.4 Å². The highest BCUT2D eigenvalue weighted by Crippen LogP contribution is 2.34. The maximum Gasteiger partial charge on any atom is 0.127 e. The number of aliphatic hydroxyl groups excluding tert-OH is 1. The Morgan fingerprint density at radius 1 is 1.03 bits per heavy atom. The molecule has 5 rings (SSSR count). The van der Waals surface area contributed by atoms with E-state index in [1.165, 1.54) is 10.9 Å². The van der Waals surface area contributed by atoms with E-state index in [0.717, 1.165) is 53.7 Å². The molecule has 1 atom stereocenters. The summed E-state index contributed by atoms with van der Waals surface area (Å²) in [6.45, 7) is 2.90. The molecule has 4 aromatic rings. The zero-order valence-corrected chi connectivity index (χ0v) is 18.5. The Balaban J connectivity index is 1.16. The Morgan fingerprint density at radius 3 is 2.69 bits per heavy atom. The molecule has 1 fully saturated rings. The fourth-order valence-corrected chi connectivity index (χ4v) is 4.87. The Labute approximate surface area is 188 Å². The minimum Gasteiger partial charge on any atom is -0.497 e. The first-order chi connectivity index (χ1) is 15.7. The number of benzene rings is 3. The van der Waals surface area contributed by atoms with Crippen LogP contribution in [0.15, 0.2) is 66.9 Å². The van der Waals surface area contributed by atoms with Crippen LogP contribution in [0.1, 0.15) is 24.3 Å². The number of methoxy groups -OCH3 is 1. The molecule has 0 bridgehead atoms. The van der Waals surface area contributed by atoms with Crippen LogP contribution in [0, 0.1) is 0 Å². The summed E-state index contributed by atoms with van der Waals surface area (Å²) in [6, 6.07) is 20.4. The highest BCUT2D eigenvalue weighted by atomic mass is 16.5. The Morgan fingerprint density at radius 2 is 1.84 bits per heavy atom. The van der Waals surface area contributed by atoms with Gasteiger partial charge in [-0.3, -0.25) is 0 Å². The number of ether oxygens (including phenoxy) is 2. The third-order valence-corrected chi connectivity index (χ3v) is 6.60. The normalized spacial score (nSPS) is 16.4. The van der Waals surface area contributed by atoms with Crippen molar-refractivity contribution in [2.24, 2.45) is 0 Å². The zero-order valence-electron chi connectivity index (χ0n) is 18.5. The molecule has 1 unspecified atom stereocenters. The predicted octanol–water partition coefficient (Wildman–Crippen LogP) is 4.95. The molecule has 0 aliphatic carbocycles. The van der Waals surface area contributed by atoms with Gasteiger partial charge in [0, 0.05) is 29.0 Å². The summed E-state index contributed by atoms with van der Waals surface area (Å²) in [4.78, 5) is 5.75. The number of hydrogen-bond donors (Lipinski definition) is 2. The first kappa shape index (κ1) is 20.9. The molecule has 1 saturated heterocycles. The molecule has 5 heteroatoms.